The summed E-state index contributed by atoms with van der Waals surface area (Å²) in [6.45, 7) is 0. The van der Waals surface area contributed by atoms with Crippen molar-refractivity contribution >= 4 is 11.6 Å². The van der Waals surface area contributed by atoms with Crippen molar-refractivity contribution in [3.8, 4) is 17.4 Å². The Balaban J connectivity index is 1.84. The molecule has 1 N–H and O–H groups in total. The summed E-state index contributed by atoms with van der Waals surface area (Å²) < 4.78 is 5.50. The third kappa shape index (κ3) is 2.38. The zero-order chi connectivity index (χ0) is 12.5. The molecule has 1 fully saturated rings. The number of nitrogens with zero attached hydrogens (tertiary/aromatic N) is 2. The Morgan fingerprint density at radius 1 is 1.22 bits per heavy atom. The molecule has 92 valence electrons. The van der Waals surface area contributed by atoms with Crippen LogP contribution in [0.4, 0.5) is 0 Å². The van der Waals surface area contributed by atoms with Crippen LogP contribution in [0.3, 0.4) is 0 Å². The van der Waals surface area contributed by atoms with Crippen LogP contribution in [0.5, 0.6) is 17.4 Å². The number of rotatable bonds is 3. The van der Waals surface area contributed by atoms with Crippen molar-refractivity contribution in [2.24, 2.45) is 0 Å². The molecule has 0 amide bonds. The smallest absolute Gasteiger partial charge is 0.281 e. The third-order valence-corrected chi connectivity index (χ3v) is 3.02. The van der Waals surface area contributed by atoms with Crippen LogP contribution in [0.1, 0.15) is 24.3 Å². The van der Waals surface area contributed by atoms with Gasteiger partial charge in [-0.2, -0.15) is 0 Å². The molecule has 4 nitrogen and oxygen atoms in total. The van der Waals surface area contributed by atoms with Crippen LogP contribution in [-0.2, 0) is 0 Å². The molecule has 1 aliphatic rings. The van der Waals surface area contributed by atoms with Crippen LogP contribution < -0.4 is 4.74 Å². The average molecular weight is 263 g/mol. The maximum absolute atomic E-state index is 9.63. The number of aromatic hydroxyl groups is 1. The molecule has 18 heavy (non-hydrogen) atoms. The Hall–Kier alpha value is -1.81. The van der Waals surface area contributed by atoms with E-state index in [2.05, 4.69) is 16.3 Å². The molecule has 5 heteroatoms. The summed E-state index contributed by atoms with van der Waals surface area (Å²) in [5, 5.41) is 17.1. The van der Waals surface area contributed by atoms with Crippen molar-refractivity contribution < 1.29 is 9.84 Å². The second kappa shape index (κ2) is 4.46. The van der Waals surface area contributed by atoms with Crippen molar-refractivity contribution in [2.75, 3.05) is 0 Å². The van der Waals surface area contributed by atoms with Gasteiger partial charge in [0.25, 0.3) is 5.88 Å². The molecule has 0 unspecified atom stereocenters. The number of hydrogen-bond acceptors (Lipinski definition) is 4. The highest BCUT2D eigenvalue weighted by Crippen LogP contribution is 2.41. The van der Waals surface area contributed by atoms with Gasteiger partial charge in [0.05, 0.1) is 0 Å². The topological polar surface area (TPSA) is 55.2 Å². The summed E-state index contributed by atoms with van der Waals surface area (Å²) in [6, 6.07) is 9.10. The standard InChI is InChI=1S/C13H11ClN2O2/c14-12-7-11(17)13(16-15-12)18-10-3-1-2-9(6-10)8-4-5-8/h1-3,6-8H,4-5H2,(H,15,17). The Labute approximate surface area is 109 Å². The molecule has 1 aliphatic carbocycles. The molecule has 0 saturated heterocycles. The fraction of sp³-hybridized carbons (Fsp3) is 0.231. The number of halogens is 1. The highest BCUT2D eigenvalue weighted by atomic mass is 35.5. The summed E-state index contributed by atoms with van der Waals surface area (Å²) in [7, 11) is 0. The first kappa shape index (κ1) is 11.3. The fourth-order valence-corrected chi connectivity index (χ4v) is 1.92. The molecule has 3 rings (SSSR count). The predicted octanol–water partition coefficient (Wildman–Crippen LogP) is 3.51. The van der Waals surface area contributed by atoms with Crippen molar-refractivity contribution in [1.82, 2.24) is 10.2 Å². The van der Waals surface area contributed by atoms with Crippen LogP contribution in [0, 0.1) is 0 Å². The van der Waals surface area contributed by atoms with Crippen molar-refractivity contribution in [1.29, 1.82) is 0 Å². The van der Waals surface area contributed by atoms with Gasteiger partial charge >= 0.3 is 0 Å². The van der Waals surface area contributed by atoms with E-state index in [9.17, 15) is 5.11 Å². The van der Waals surface area contributed by atoms with E-state index in [-0.39, 0.29) is 16.8 Å². The lowest BCUT2D eigenvalue weighted by Crippen LogP contribution is -1.92. The number of ether oxygens (including phenoxy) is 1. The zero-order valence-electron chi connectivity index (χ0n) is 9.51. The number of aromatic nitrogens is 2. The van der Waals surface area contributed by atoms with Gasteiger partial charge in [0.2, 0.25) is 0 Å². The van der Waals surface area contributed by atoms with Gasteiger partial charge in [0.15, 0.2) is 10.9 Å². The summed E-state index contributed by atoms with van der Waals surface area (Å²) >= 11 is 5.61. The first-order chi connectivity index (χ1) is 8.72. The van der Waals surface area contributed by atoms with Crippen LogP contribution in [0.25, 0.3) is 0 Å². The second-order valence-electron chi connectivity index (χ2n) is 4.31. The molecular weight excluding hydrogens is 252 g/mol. The highest BCUT2D eigenvalue weighted by molar-refractivity contribution is 6.29. The van der Waals surface area contributed by atoms with E-state index in [1.165, 1.54) is 24.5 Å². The molecule has 2 aromatic rings. The summed E-state index contributed by atoms with van der Waals surface area (Å²) in [6.07, 6.45) is 2.46. The summed E-state index contributed by atoms with van der Waals surface area (Å²) in [5.74, 6) is 1.24. The summed E-state index contributed by atoms with van der Waals surface area (Å²) in [4.78, 5) is 0. The fourth-order valence-electron chi connectivity index (χ4n) is 1.78. The molecule has 1 aromatic heterocycles. The lowest BCUT2D eigenvalue weighted by Gasteiger charge is -2.07. The van der Waals surface area contributed by atoms with Crippen molar-refractivity contribution in [3.05, 3.63) is 41.0 Å². The Morgan fingerprint density at radius 2 is 2.06 bits per heavy atom. The van der Waals surface area contributed by atoms with Crippen molar-refractivity contribution in [3.63, 3.8) is 0 Å². The molecule has 1 heterocycles. The molecule has 0 radical (unpaired) electrons. The van der Waals surface area contributed by atoms with Gasteiger partial charge in [-0.15, -0.1) is 10.2 Å². The first-order valence-electron chi connectivity index (χ1n) is 5.72. The molecule has 0 spiro atoms. The average Bonchev–Trinajstić information content (AvgIpc) is 3.17. The van der Waals surface area contributed by atoms with E-state index in [1.54, 1.807) is 0 Å². The maximum atomic E-state index is 9.63. The van der Waals surface area contributed by atoms with Gasteiger partial charge in [0.1, 0.15) is 5.75 Å². The van der Waals surface area contributed by atoms with Gasteiger partial charge in [-0.3, -0.25) is 0 Å². The quantitative estimate of drug-likeness (QED) is 0.920. The largest absolute Gasteiger partial charge is 0.503 e. The van der Waals surface area contributed by atoms with E-state index in [4.69, 9.17) is 16.3 Å². The van der Waals surface area contributed by atoms with Gasteiger partial charge in [-0.25, -0.2) is 0 Å². The van der Waals surface area contributed by atoms with Gasteiger partial charge in [0, 0.05) is 6.07 Å². The van der Waals surface area contributed by atoms with E-state index in [1.807, 2.05) is 18.2 Å². The minimum atomic E-state index is -0.119. The lowest BCUT2D eigenvalue weighted by atomic mass is 10.1. The molecule has 1 aromatic carbocycles. The number of hydrogen-bond donors (Lipinski definition) is 1. The third-order valence-electron chi connectivity index (χ3n) is 2.83. The van der Waals surface area contributed by atoms with Crippen LogP contribution in [0.2, 0.25) is 5.15 Å². The van der Waals surface area contributed by atoms with E-state index in [0.717, 1.165) is 0 Å². The normalized spacial score (nSPS) is 14.5. The second-order valence-corrected chi connectivity index (χ2v) is 4.69. The molecule has 0 atom stereocenters. The van der Waals surface area contributed by atoms with Crippen LogP contribution in [0.15, 0.2) is 30.3 Å². The number of benzene rings is 1. The molecule has 0 aliphatic heterocycles. The van der Waals surface area contributed by atoms with Gasteiger partial charge in [-0.05, 0) is 36.5 Å². The van der Waals surface area contributed by atoms with Crippen LogP contribution >= 0.6 is 11.6 Å². The molecule has 1 saturated carbocycles. The van der Waals surface area contributed by atoms with Crippen LogP contribution in [-0.4, -0.2) is 15.3 Å². The minimum absolute atomic E-state index is 0.0624. The molecule has 0 bridgehead atoms. The predicted molar refractivity (Wildman–Crippen MR) is 67.2 cm³/mol. The zero-order valence-corrected chi connectivity index (χ0v) is 10.3. The Kier molecular flexibility index (Phi) is 2.80. The minimum Gasteiger partial charge on any atom is -0.503 e. The maximum Gasteiger partial charge on any atom is 0.281 e. The Morgan fingerprint density at radius 3 is 2.78 bits per heavy atom. The summed E-state index contributed by atoms with van der Waals surface area (Å²) in [5.41, 5.74) is 1.26. The van der Waals surface area contributed by atoms with Gasteiger partial charge < -0.3 is 9.84 Å². The van der Waals surface area contributed by atoms with Gasteiger partial charge in [-0.1, -0.05) is 23.7 Å². The Bertz CT molecular complexity index is 585. The van der Waals surface area contributed by atoms with E-state index >= 15 is 0 Å². The SMILES string of the molecule is Oc1cc(Cl)nnc1Oc1cccc(C2CC2)c1. The first-order valence-corrected chi connectivity index (χ1v) is 6.10. The monoisotopic (exact) mass is 262 g/mol. The van der Waals surface area contributed by atoms with Crippen molar-refractivity contribution in [2.45, 2.75) is 18.8 Å². The molecular formula is C13H11ClN2O2. The highest BCUT2D eigenvalue weighted by Gasteiger charge is 2.23. The van der Waals surface area contributed by atoms with E-state index in [0.29, 0.717) is 11.7 Å². The van der Waals surface area contributed by atoms with E-state index < -0.39 is 0 Å². The lowest BCUT2D eigenvalue weighted by molar-refractivity contribution is 0.391.